The number of sulfonamides is 1. The minimum atomic E-state index is -3.77. The number of rotatable bonds is 5. The average Bonchev–Trinajstić information content (AvgIpc) is 3.46. The summed E-state index contributed by atoms with van der Waals surface area (Å²) in [7, 11) is -3.77. The molecule has 0 N–H and O–H groups in total. The molecule has 3 aromatic carbocycles. The van der Waals surface area contributed by atoms with Gasteiger partial charge in [0.1, 0.15) is 6.04 Å². The molecule has 136 valence electrons. The number of carbonyl (C=O) groups is 1. The summed E-state index contributed by atoms with van der Waals surface area (Å²) in [6.07, 6.45) is 0. The molecule has 1 aliphatic rings. The maximum absolute atomic E-state index is 13.2. The Labute approximate surface area is 159 Å². The molecule has 0 aromatic heterocycles. The van der Waals surface area contributed by atoms with Gasteiger partial charge in [-0.25, -0.2) is 8.42 Å². The van der Waals surface area contributed by atoms with Crippen molar-refractivity contribution in [1.82, 2.24) is 4.31 Å². The predicted molar refractivity (Wildman–Crippen MR) is 104 cm³/mol. The summed E-state index contributed by atoms with van der Waals surface area (Å²) < 4.78 is 27.7. The van der Waals surface area contributed by atoms with Gasteiger partial charge in [-0.05, 0) is 24.6 Å². The van der Waals surface area contributed by atoms with Crippen LogP contribution in [0, 0.1) is 6.92 Å². The molecule has 0 spiro atoms. The molecule has 0 amide bonds. The maximum Gasteiger partial charge on any atom is 0.244 e. The van der Waals surface area contributed by atoms with Crippen LogP contribution >= 0.6 is 0 Å². The zero-order valence-corrected chi connectivity index (χ0v) is 15.6. The molecule has 2 unspecified atom stereocenters. The summed E-state index contributed by atoms with van der Waals surface area (Å²) in [5.74, 6) is -0.180. The fourth-order valence-corrected chi connectivity index (χ4v) is 5.07. The van der Waals surface area contributed by atoms with E-state index in [1.807, 2.05) is 43.3 Å². The van der Waals surface area contributed by atoms with E-state index in [2.05, 4.69) is 0 Å². The fraction of sp³-hybridized carbons (Fsp3) is 0.136. The fourth-order valence-electron chi connectivity index (χ4n) is 3.35. The van der Waals surface area contributed by atoms with Crippen molar-refractivity contribution >= 4 is 15.8 Å². The van der Waals surface area contributed by atoms with Crippen molar-refractivity contribution < 1.29 is 13.2 Å². The Morgan fingerprint density at radius 2 is 1.37 bits per heavy atom. The van der Waals surface area contributed by atoms with Gasteiger partial charge in [-0.15, -0.1) is 0 Å². The van der Waals surface area contributed by atoms with Gasteiger partial charge in [0.15, 0.2) is 5.78 Å². The SMILES string of the molecule is Cc1ccc(S(=O)(=O)N2C(c3ccccc3)[C@@H]2C(=O)c2ccccc2)cc1. The van der Waals surface area contributed by atoms with E-state index in [1.54, 1.807) is 48.5 Å². The van der Waals surface area contributed by atoms with Crippen LogP contribution < -0.4 is 0 Å². The zero-order chi connectivity index (χ0) is 19.0. The number of carbonyl (C=O) groups excluding carboxylic acids is 1. The molecule has 1 aliphatic heterocycles. The van der Waals surface area contributed by atoms with Crippen molar-refractivity contribution in [3.63, 3.8) is 0 Å². The molecule has 3 aromatic rings. The van der Waals surface area contributed by atoms with E-state index in [0.717, 1.165) is 11.1 Å². The molecular formula is C22H19NO3S. The van der Waals surface area contributed by atoms with E-state index in [4.69, 9.17) is 0 Å². The van der Waals surface area contributed by atoms with Crippen LogP contribution in [0.2, 0.25) is 0 Å². The predicted octanol–water partition coefficient (Wildman–Crippen LogP) is 3.99. The standard InChI is InChI=1S/C22H19NO3S/c1-16-12-14-19(15-13-16)27(25,26)23-20(17-8-4-2-5-9-17)21(23)22(24)18-10-6-3-7-11-18/h2-15,20-21H,1H3/t20?,21-,23?/m1/s1. The number of Topliss-reactive ketones (excluding diaryl/α,β-unsaturated/α-hetero) is 1. The summed E-state index contributed by atoms with van der Waals surface area (Å²) in [5, 5.41) is 0. The first-order chi connectivity index (χ1) is 13.0. The van der Waals surface area contributed by atoms with E-state index in [0.29, 0.717) is 5.56 Å². The molecule has 0 bridgehead atoms. The second-order valence-corrected chi connectivity index (χ2v) is 8.52. The molecule has 1 heterocycles. The van der Waals surface area contributed by atoms with Crippen molar-refractivity contribution in [3.05, 3.63) is 102 Å². The van der Waals surface area contributed by atoms with E-state index < -0.39 is 22.1 Å². The zero-order valence-electron chi connectivity index (χ0n) is 14.8. The Hall–Kier alpha value is -2.76. The van der Waals surface area contributed by atoms with Gasteiger partial charge in [0.25, 0.3) is 0 Å². The number of hydrogen-bond acceptors (Lipinski definition) is 3. The van der Waals surface area contributed by atoms with Crippen LogP contribution in [0.3, 0.4) is 0 Å². The van der Waals surface area contributed by atoms with Gasteiger partial charge in [-0.2, -0.15) is 4.31 Å². The summed E-state index contributed by atoms with van der Waals surface area (Å²) in [5.41, 5.74) is 2.32. The van der Waals surface area contributed by atoms with E-state index in [9.17, 15) is 13.2 Å². The molecule has 27 heavy (non-hydrogen) atoms. The Kier molecular flexibility index (Phi) is 4.42. The van der Waals surface area contributed by atoms with Crippen LogP contribution in [0.5, 0.6) is 0 Å². The monoisotopic (exact) mass is 377 g/mol. The van der Waals surface area contributed by atoms with Gasteiger partial charge in [-0.1, -0.05) is 78.4 Å². The maximum atomic E-state index is 13.2. The number of benzene rings is 3. The lowest BCUT2D eigenvalue weighted by molar-refractivity contribution is 0.0981. The molecule has 4 nitrogen and oxygen atoms in total. The minimum Gasteiger partial charge on any atom is -0.292 e. The first kappa shape index (κ1) is 17.6. The molecule has 0 aliphatic carbocycles. The van der Waals surface area contributed by atoms with Gasteiger partial charge in [0, 0.05) is 5.56 Å². The summed E-state index contributed by atoms with van der Waals surface area (Å²) in [6.45, 7) is 1.91. The lowest BCUT2D eigenvalue weighted by Gasteiger charge is -2.07. The first-order valence-electron chi connectivity index (χ1n) is 8.74. The van der Waals surface area contributed by atoms with Gasteiger partial charge in [0.05, 0.1) is 10.9 Å². The second-order valence-electron chi connectivity index (χ2n) is 6.68. The molecule has 1 saturated heterocycles. The highest BCUT2D eigenvalue weighted by molar-refractivity contribution is 7.89. The highest BCUT2D eigenvalue weighted by atomic mass is 32.2. The molecule has 5 heteroatoms. The van der Waals surface area contributed by atoms with Gasteiger partial charge < -0.3 is 0 Å². The molecule has 0 radical (unpaired) electrons. The summed E-state index contributed by atoms with van der Waals surface area (Å²) in [4.78, 5) is 13.2. The molecular weight excluding hydrogens is 358 g/mol. The van der Waals surface area contributed by atoms with E-state index in [-0.39, 0.29) is 10.7 Å². The topological polar surface area (TPSA) is 54.2 Å². The highest BCUT2D eigenvalue weighted by Crippen LogP contribution is 2.48. The normalized spacial score (nSPS) is 21.6. The molecule has 3 atom stereocenters. The van der Waals surface area contributed by atoms with Crippen LogP contribution in [-0.4, -0.2) is 24.5 Å². The Bertz CT molecular complexity index is 1060. The summed E-state index contributed by atoms with van der Waals surface area (Å²) >= 11 is 0. The quantitative estimate of drug-likeness (QED) is 0.499. The van der Waals surface area contributed by atoms with E-state index in [1.165, 1.54) is 4.31 Å². The lowest BCUT2D eigenvalue weighted by Crippen LogP contribution is -2.19. The summed E-state index contributed by atoms with van der Waals surface area (Å²) in [6, 6.07) is 23.7. The third-order valence-electron chi connectivity index (χ3n) is 4.82. The molecule has 1 fully saturated rings. The lowest BCUT2D eigenvalue weighted by atomic mass is 10.0. The van der Waals surface area contributed by atoms with Crippen molar-refractivity contribution in [2.45, 2.75) is 23.9 Å². The Morgan fingerprint density at radius 3 is 1.96 bits per heavy atom. The number of ketones is 1. The van der Waals surface area contributed by atoms with Crippen molar-refractivity contribution in [2.24, 2.45) is 0 Å². The van der Waals surface area contributed by atoms with Crippen LogP contribution in [0.15, 0.2) is 89.8 Å². The third-order valence-corrected chi connectivity index (χ3v) is 6.70. The largest absolute Gasteiger partial charge is 0.292 e. The Balaban J connectivity index is 1.75. The average molecular weight is 377 g/mol. The van der Waals surface area contributed by atoms with Crippen molar-refractivity contribution in [2.75, 3.05) is 0 Å². The van der Waals surface area contributed by atoms with Crippen LogP contribution in [-0.2, 0) is 10.0 Å². The Morgan fingerprint density at radius 1 is 0.815 bits per heavy atom. The van der Waals surface area contributed by atoms with Gasteiger partial charge in [-0.3, -0.25) is 4.79 Å². The van der Waals surface area contributed by atoms with E-state index >= 15 is 0 Å². The van der Waals surface area contributed by atoms with Gasteiger partial charge >= 0.3 is 0 Å². The van der Waals surface area contributed by atoms with Crippen molar-refractivity contribution in [1.29, 1.82) is 0 Å². The molecule has 0 saturated carbocycles. The first-order valence-corrected chi connectivity index (χ1v) is 10.2. The highest BCUT2D eigenvalue weighted by Gasteiger charge is 2.60. The van der Waals surface area contributed by atoms with Crippen LogP contribution in [0.4, 0.5) is 0 Å². The van der Waals surface area contributed by atoms with Gasteiger partial charge in [0.2, 0.25) is 10.0 Å². The van der Waals surface area contributed by atoms with Crippen LogP contribution in [0.1, 0.15) is 27.5 Å². The second kappa shape index (κ2) is 6.76. The number of nitrogens with zero attached hydrogens (tertiary/aromatic N) is 1. The minimum absolute atomic E-state index is 0.180. The third kappa shape index (κ3) is 3.20. The number of hydrogen-bond donors (Lipinski definition) is 0. The smallest absolute Gasteiger partial charge is 0.244 e. The van der Waals surface area contributed by atoms with Crippen LogP contribution in [0.25, 0.3) is 0 Å². The molecule has 4 rings (SSSR count). The number of aryl methyl sites for hydroxylation is 1. The van der Waals surface area contributed by atoms with Crippen molar-refractivity contribution in [3.8, 4) is 0 Å².